The van der Waals surface area contributed by atoms with Crippen molar-refractivity contribution >= 4 is 34.0 Å². The number of hydrogen-bond acceptors (Lipinski definition) is 5. The van der Waals surface area contributed by atoms with Crippen LogP contribution >= 0.6 is 11.6 Å². The second kappa shape index (κ2) is 10.9. The predicted molar refractivity (Wildman–Crippen MR) is 148 cm³/mol. The molecule has 1 N–H and O–H groups in total. The molecule has 6 nitrogen and oxygen atoms in total. The first-order valence-corrected chi connectivity index (χ1v) is 12.5. The first-order chi connectivity index (χ1) is 17.6. The topological polar surface area (TPSA) is 58.3 Å². The third-order valence-electron chi connectivity index (χ3n) is 6.02. The van der Waals surface area contributed by atoms with E-state index >= 15 is 0 Å². The van der Waals surface area contributed by atoms with E-state index in [1.807, 2.05) is 60.8 Å². The molecular weight excluding hydrogens is 468 g/mol. The van der Waals surface area contributed by atoms with Gasteiger partial charge in [0.1, 0.15) is 0 Å². The molecule has 0 saturated carbocycles. The molecule has 2 heterocycles. The third-order valence-corrected chi connectivity index (χ3v) is 6.27. The molecule has 0 radical (unpaired) electrons. The Bertz CT molecular complexity index is 1490. The summed E-state index contributed by atoms with van der Waals surface area (Å²) in [6.45, 7) is 1.81. The smallest absolute Gasteiger partial charge is 0.0900 e. The van der Waals surface area contributed by atoms with Gasteiger partial charge in [-0.3, -0.25) is 9.98 Å². The Labute approximate surface area is 216 Å². The fourth-order valence-corrected chi connectivity index (χ4v) is 4.40. The van der Waals surface area contributed by atoms with Crippen LogP contribution in [0.3, 0.4) is 0 Å². The minimum atomic E-state index is 0.707. The van der Waals surface area contributed by atoms with Crippen LogP contribution in [0.15, 0.2) is 90.2 Å². The predicted octanol–water partition coefficient (Wildman–Crippen LogP) is 6.16. The number of anilines is 2. The Balaban J connectivity index is 1.68. The van der Waals surface area contributed by atoms with Gasteiger partial charge in [-0.15, -0.1) is 0 Å². The highest BCUT2D eigenvalue weighted by atomic mass is 35.5. The van der Waals surface area contributed by atoms with Gasteiger partial charge >= 0.3 is 0 Å². The van der Waals surface area contributed by atoms with Crippen LogP contribution in [0.1, 0.15) is 12.8 Å². The van der Waals surface area contributed by atoms with Crippen LogP contribution in [0, 0.1) is 0 Å². The summed E-state index contributed by atoms with van der Waals surface area (Å²) in [4.78, 5) is 16.5. The zero-order valence-corrected chi connectivity index (χ0v) is 21.3. The molecule has 0 spiro atoms. The first kappa shape index (κ1) is 24.0. The van der Waals surface area contributed by atoms with Gasteiger partial charge in [-0.1, -0.05) is 23.7 Å². The fourth-order valence-electron chi connectivity index (χ4n) is 4.27. The lowest BCUT2D eigenvalue weighted by Gasteiger charge is -2.20. The van der Waals surface area contributed by atoms with Gasteiger partial charge < -0.3 is 14.8 Å². The van der Waals surface area contributed by atoms with Gasteiger partial charge in [-0.2, -0.15) is 0 Å². The van der Waals surface area contributed by atoms with Gasteiger partial charge in [0.15, 0.2) is 0 Å². The Morgan fingerprint density at radius 1 is 0.972 bits per heavy atom. The SMILES string of the molecule is CN(C)CCCCN=c1cc2n(-c3ccc(Cl)cc3)c3ccccc3nc-2cc1Nc1cccnc1. The Morgan fingerprint density at radius 2 is 1.81 bits per heavy atom. The molecule has 2 aliphatic rings. The van der Waals surface area contributed by atoms with E-state index in [-0.39, 0.29) is 0 Å². The summed E-state index contributed by atoms with van der Waals surface area (Å²) >= 11 is 6.21. The maximum Gasteiger partial charge on any atom is 0.0900 e. The highest BCUT2D eigenvalue weighted by molar-refractivity contribution is 6.30. The molecule has 7 heteroatoms. The Morgan fingerprint density at radius 3 is 2.58 bits per heavy atom. The molecule has 1 aliphatic heterocycles. The van der Waals surface area contributed by atoms with Crippen molar-refractivity contribution in [2.45, 2.75) is 12.8 Å². The zero-order chi connectivity index (χ0) is 24.9. The normalized spacial score (nSPS) is 12.1. The van der Waals surface area contributed by atoms with Gasteiger partial charge in [0.2, 0.25) is 0 Å². The minimum absolute atomic E-state index is 0.707. The molecule has 0 fully saturated rings. The molecule has 1 aliphatic carbocycles. The number of fused-ring (bicyclic) bond motifs is 2. The van der Waals surface area contributed by atoms with Gasteiger partial charge in [-0.25, -0.2) is 4.98 Å². The number of pyridine rings is 1. The number of nitrogens with zero attached hydrogens (tertiary/aromatic N) is 5. The van der Waals surface area contributed by atoms with E-state index in [0.717, 1.165) is 70.8 Å². The number of halogens is 1. The highest BCUT2D eigenvalue weighted by Crippen LogP contribution is 2.30. The number of nitrogens with one attached hydrogen (secondary N) is 1. The number of para-hydroxylation sites is 2. The highest BCUT2D eigenvalue weighted by Gasteiger charge is 2.16. The van der Waals surface area contributed by atoms with E-state index in [9.17, 15) is 0 Å². The van der Waals surface area contributed by atoms with E-state index in [1.165, 1.54) is 0 Å². The number of hydrogen-bond donors (Lipinski definition) is 1. The summed E-state index contributed by atoms with van der Waals surface area (Å²) < 4.78 is 2.23. The molecule has 5 rings (SSSR count). The molecular formula is C29H29ClN6. The van der Waals surface area contributed by atoms with Crippen molar-refractivity contribution in [1.82, 2.24) is 19.4 Å². The summed E-state index contributed by atoms with van der Waals surface area (Å²) in [6, 6.07) is 24.2. The van der Waals surface area contributed by atoms with Gasteiger partial charge in [0.05, 0.1) is 45.4 Å². The fraction of sp³-hybridized carbons (Fsp3) is 0.207. The molecule has 0 unspecified atom stereocenters. The average molecular weight is 497 g/mol. The largest absolute Gasteiger partial charge is 0.352 e. The van der Waals surface area contributed by atoms with Gasteiger partial charge in [0.25, 0.3) is 0 Å². The maximum absolute atomic E-state index is 6.21. The standard InChI is InChI=1S/C29H29ClN6/c1-35(2)17-6-5-16-32-25-19-29-27(18-26(25)33-22-8-7-15-31-20-22)34-24-9-3-4-10-28(24)36(29)23-13-11-21(30)12-14-23/h3-4,7-15,18-20,33H,5-6,16-17H2,1-2H3. The van der Waals surface area contributed by atoms with Crippen molar-refractivity contribution in [2.75, 3.05) is 32.5 Å². The van der Waals surface area contributed by atoms with Crippen LogP contribution in [0.2, 0.25) is 5.02 Å². The van der Waals surface area contributed by atoms with Crippen molar-refractivity contribution in [2.24, 2.45) is 4.99 Å². The summed E-state index contributed by atoms with van der Waals surface area (Å²) in [6.07, 6.45) is 5.71. The number of benzene rings is 3. The number of unbranched alkanes of at least 4 members (excludes halogenated alkanes) is 1. The second-order valence-electron chi connectivity index (χ2n) is 9.03. The second-order valence-corrected chi connectivity index (χ2v) is 9.47. The summed E-state index contributed by atoms with van der Waals surface area (Å²) in [5.41, 5.74) is 6.65. The average Bonchev–Trinajstić information content (AvgIpc) is 2.88. The summed E-state index contributed by atoms with van der Waals surface area (Å²) in [5, 5.41) is 5.11. The molecule has 0 amide bonds. The monoisotopic (exact) mass is 496 g/mol. The van der Waals surface area contributed by atoms with E-state index < -0.39 is 0 Å². The lowest BCUT2D eigenvalue weighted by molar-refractivity contribution is 0.395. The van der Waals surface area contributed by atoms with Crippen molar-refractivity contribution in [3.05, 3.63) is 95.6 Å². The molecule has 0 saturated heterocycles. The van der Waals surface area contributed by atoms with Crippen molar-refractivity contribution in [3.8, 4) is 17.1 Å². The molecule has 2 aromatic carbocycles. The van der Waals surface area contributed by atoms with Crippen molar-refractivity contribution < 1.29 is 0 Å². The van der Waals surface area contributed by atoms with Crippen LogP contribution in [0.25, 0.3) is 28.1 Å². The van der Waals surface area contributed by atoms with E-state index in [4.69, 9.17) is 21.6 Å². The molecule has 0 bridgehead atoms. The summed E-state index contributed by atoms with van der Waals surface area (Å²) in [5.74, 6) is 0. The molecule has 182 valence electrons. The van der Waals surface area contributed by atoms with Crippen LogP contribution < -0.4 is 10.7 Å². The molecule has 0 atom stereocenters. The molecule has 36 heavy (non-hydrogen) atoms. The Hall–Kier alpha value is -3.74. The van der Waals surface area contributed by atoms with Crippen LogP contribution in [-0.4, -0.2) is 46.6 Å². The maximum atomic E-state index is 6.21. The van der Waals surface area contributed by atoms with Crippen LogP contribution in [0.5, 0.6) is 0 Å². The van der Waals surface area contributed by atoms with Crippen LogP contribution in [0.4, 0.5) is 11.4 Å². The first-order valence-electron chi connectivity index (χ1n) is 12.1. The van der Waals surface area contributed by atoms with E-state index in [0.29, 0.717) is 5.02 Å². The molecule has 1 aromatic heterocycles. The zero-order valence-electron chi connectivity index (χ0n) is 20.5. The van der Waals surface area contributed by atoms with Gasteiger partial charge in [-0.05, 0) is 94.1 Å². The minimum Gasteiger partial charge on any atom is -0.352 e. The van der Waals surface area contributed by atoms with E-state index in [2.05, 4.69) is 52.1 Å². The quantitative estimate of drug-likeness (QED) is 0.206. The summed E-state index contributed by atoms with van der Waals surface area (Å²) in [7, 11) is 4.20. The number of aromatic nitrogens is 3. The Kier molecular flexibility index (Phi) is 7.26. The van der Waals surface area contributed by atoms with Gasteiger partial charge in [0, 0.05) is 23.5 Å². The lowest BCUT2D eigenvalue weighted by atomic mass is 10.1. The van der Waals surface area contributed by atoms with Crippen LogP contribution in [-0.2, 0) is 0 Å². The number of rotatable bonds is 8. The lowest BCUT2D eigenvalue weighted by Crippen LogP contribution is -2.16. The van der Waals surface area contributed by atoms with Crippen molar-refractivity contribution in [1.29, 1.82) is 0 Å². The molecule has 3 aromatic rings. The van der Waals surface area contributed by atoms with E-state index in [1.54, 1.807) is 6.20 Å². The third kappa shape index (κ3) is 5.40. The van der Waals surface area contributed by atoms with Crippen molar-refractivity contribution in [3.63, 3.8) is 0 Å².